The summed E-state index contributed by atoms with van der Waals surface area (Å²) in [6.45, 7) is 2.29. The molecular formula is C27H27N5O5. The SMILES string of the molecule is CCCCc1nc(O)c(-c2nnc(Cc3noc4ccccc34)o2)c(=O)n1[C@H](COC)c1ccccc1. The van der Waals surface area contributed by atoms with Crippen molar-refractivity contribution in [3.8, 4) is 17.3 Å². The highest BCUT2D eigenvalue weighted by Crippen LogP contribution is 2.28. The zero-order valence-corrected chi connectivity index (χ0v) is 20.6. The Kier molecular flexibility index (Phi) is 7.09. The summed E-state index contributed by atoms with van der Waals surface area (Å²) in [6, 6.07) is 16.6. The number of nitrogens with zero attached hydrogens (tertiary/aromatic N) is 5. The summed E-state index contributed by atoms with van der Waals surface area (Å²) in [6.07, 6.45) is 2.43. The van der Waals surface area contributed by atoms with E-state index in [4.69, 9.17) is 13.7 Å². The Morgan fingerprint density at radius 1 is 1.08 bits per heavy atom. The van der Waals surface area contributed by atoms with Crippen LogP contribution in [0.5, 0.6) is 5.88 Å². The van der Waals surface area contributed by atoms with Crippen molar-refractivity contribution in [1.29, 1.82) is 0 Å². The number of benzene rings is 2. The molecule has 0 unspecified atom stereocenters. The number of para-hydroxylation sites is 1. The normalized spacial score (nSPS) is 12.3. The first kappa shape index (κ1) is 24.4. The van der Waals surface area contributed by atoms with Crippen LogP contribution in [0, 0.1) is 0 Å². The zero-order valence-electron chi connectivity index (χ0n) is 20.6. The number of hydrogen-bond acceptors (Lipinski definition) is 9. The second-order valence-electron chi connectivity index (χ2n) is 8.69. The van der Waals surface area contributed by atoms with Gasteiger partial charge in [-0.05, 0) is 24.1 Å². The molecule has 0 aliphatic carbocycles. The summed E-state index contributed by atoms with van der Waals surface area (Å²) in [7, 11) is 1.58. The van der Waals surface area contributed by atoms with E-state index >= 15 is 0 Å². The fraction of sp³-hybridized carbons (Fsp3) is 0.296. The summed E-state index contributed by atoms with van der Waals surface area (Å²) < 4.78 is 18.2. The first-order valence-corrected chi connectivity index (χ1v) is 12.1. The molecule has 5 rings (SSSR count). The van der Waals surface area contributed by atoms with E-state index in [-0.39, 0.29) is 30.4 Å². The van der Waals surface area contributed by atoms with E-state index in [1.807, 2.05) is 54.6 Å². The summed E-state index contributed by atoms with van der Waals surface area (Å²) in [5.41, 5.74) is 1.53. The number of unbranched alkanes of at least 4 members (excludes halogenated alkanes) is 1. The predicted octanol–water partition coefficient (Wildman–Crippen LogP) is 4.31. The summed E-state index contributed by atoms with van der Waals surface area (Å²) in [4.78, 5) is 18.3. The number of rotatable bonds is 10. The average molecular weight is 502 g/mol. The summed E-state index contributed by atoms with van der Waals surface area (Å²) in [5.74, 6) is 0.135. The number of aryl methyl sites for hydroxylation is 1. The molecular weight excluding hydrogens is 474 g/mol. The Hall–Kier alpha value is -4.31. The molecule has 190 valence electrons. The molecule has 0 fully saturated rings. The highest BCUT2D eigenvalue weighted by Gasteiger charge is 2.27. The third-order valence-corrected chi connectivity index (χ3v) is 6.20. The number of fused-ring (bicyclic) bond motifs is 1. The van der Waals surface area contributed by atoms with E-state index < -0.39 is 17.5 Å². The fourth-order valence-electron chi connectivity index (χ4n) is 4.37. The molecule has 10 nitrogen and oxygen atoms in total. The monoisotopic (exact) mass is 501 g/mol. The van der Waals surface area contributed by atoms with E-state index in [0.717, 1.165) is 23.8 Å². The maximum absolute atomic E-state index is 13.9. The van der Waals surface area contributed by atoms with Gasteiger partial charge >= 0.3 is 0 Å². The number of hydrogen-bond donors (Lipinski definition) is 1. The van der Waals surface area contributed by atoms with Crippen LogP contribution in [0.1, 0.15) is 48.8 Å². The van der Waals surface area contributed by atoms with Gasteiger partial charge in [0.1, 0.15) is 11.5 Å². The van der Waals surface area contributed by atoms with E-state index in [9.17, 15) is 9.90 Å². The Morgan fingerprint density at radius 2 is 1.86 bits per heavy atom. The van der Waals surface area contributed by atoms with Crippen LogP contribution < -0.4 is 5.56 Å². The van der Waals surface area contributed by atoms with Crippen molar-refractivity contribution in [2.45, 2.75) is 38.6 Å². The van der Waals surface area contributed by atoms with Crippen LogP contribution in [-0.2, 0) is 17.6 Å². The molecule has 3 aromatic heterocycles. The molecule has 0 aliphatic rings. The lowest BCUT2D eigenvalue weighted by molar-refractivity contribution is 0.166. The van der Waals surface area contributed by atoms with Crippen LogP contribution >= 0.6 is 0 Å². The van der Waals surface area contributed by atoms with Crippen molar-refractivity contribution in [3.05, 3.63) is 87.9 Å². The van der Waals surface area contributed by atoms with Gasteiger partial charge < -0.3 is 18.8 Å². The number of methoxy groups -OCH3 is 1. The van der Waals surface area contributed by atoms with Crippen LogP contribution in [0.3, 0.4) is 0 Å². The van der Waals surface area contributed by atoms with E-state index in [1.165, 1.54) is 0 Å². The Bertz CT molecular complexity index is 1560. The van der Waals surface area contributed by atoms with Crippen LogP contribution in [0.4, 0.5) is 0 Å². The first-order valence-electron chi connectivity index (χ1n) is 12.1. The average Bonchev–Trinajstić information content (AvgIpc) is 3.54. The Morgan fingerprint density at radius 3 is 2.65 bits per heavy atom. The lowest BCUT2D eigenvalue weighted by atomic mass is 10.1. The minimum absolute atomic E-state index is 0.113. The van der Waals surface area contributed by atoms with E-state index in [0.29, 0.717) is 23.5 Å². The van der Waals surface area contributed by atoms with Gasteiger partial charge in [0, 0.05) is 18.9 Å². The van der Waals surface area contributed by atoms with Gasteiger partial charge in [-0.1, -0.05) is 61.0 Å². The van der Waals surface area contributed by atoms with Gasteiger partial charge in [0.2, 0.25) is 11.8 Å². The summed E-state index contributed by atoms with van der Waals surface area (Å²) in [5, 5.41) is 23.9. The highest BCUT2D eigenvalue weighted by molar-refractivity contribution is 5.79. The van der Waals surface area contributed by atoms with Crippen molar-refractivity contribution < 1.29 is 18.8 Å². The standard InChI is InChI=1S/C27H27N5O5/c1-3-4-14-22-28-25(33)24(27(34)32(22)20(16-35-2)17-10-6-5-7-11-17)26-30-29-23(36-26)15-19-18-12-8-9-13-21(18)37-31-19/h5-13,20,33H,3-4,14-16H2,1-2H3/t20-/m1/s1. The van der Waals surface area contributed by atoms with E-state index in [2.05, 4.69) is 27.3 Å². The molecule has 10 heteroatoms. The lowest BCUT2D eigenvalue weighted by Crippen LogP contribution is -2.33. The van der Waals surface area contributed by atoms with Crippen molar-refractivity contribution in [3.63, 3.8) is 0 Å². The zero-order chi connectivity index (χ0) is 25.8. The molecule has 0 saturated carbocycles. The van der Waals surface area contributed by atoms with Gasteiger partial charge in [-0.3, -0.25) is 9.36 Å². The molecule has 1 atom stereocenters. The minimum Gasteiger partial charge on any atom is -0.493 e. The van der Waals surface area contributed by atoms with Gasteiger partial charge in [0.15, 0.2) is 11.1 Å². The molecule has 0 bridgehead atoms. The molecule has 0 aliphatic heterocycles. The number of aromatic nitrogens is 5. The van der Waals surface area contributed by atoms with Gasteiger partial charge in [0.05, 0.1) is 19.1 Å². The predicted molar refractivity (Wildman–Crippen MR) is 135 cm³/mol. The van der Waals surface area contributed by atoms with Crippen molar-refractivity contribution in [2.75, 3.05) is 13.7 Å². The molecule has 0 spiro atoms. The van der Waals surface area contributed by atoms with Crippen molar-refractivity contribution >= 4 is 11.0 Å². The number of aromatic hydroxyl groups is 1. The second-order valence-corrected chi connectivity index (χ2v) is 8.69. The minimum atomic E-state index is -0.480. The topological polar surface area (TPSA) is 129 Å². The van der Waals surface area contributed by atoms with Gasteiger partial charge in [0.25, 0.3) is 11.4 Å². The fourth-order valence-corrected chi connectivity index (χ4v) is 4.37. The molecule has 5 aromatic rings. The largest absolute Gasteiger partial charge is 0.493 e. The van der Waals surface area contributed by atoms with Crippen LogP contribution in [0.2, 0.25) is 0 Å². The van der Waals surface area contributed by atoms with Crippen LogP contribution in [-0.4, -0.2) is 43.7 Å². The third kappa shape index (κ3) is 4.88. The molecule has 0 amide bonds. The molecule has 37 heavy (non-hydrogen) atoms. The van der Waals surface area contributed by atoms with E-state index in [1.54, 1.807) is 11.7 Å². The maximum Gasteiger partial charge on any atom is 0.270 e. The van der Waals surface area contributed by atoms with Gasteiger partial charge in [-0.2, -0.15) is 4.98 Å². The summed E-state index contributed by atoms with van der Waals surface area (Å²) >= 11 is 0. The van der Waals surface area contributed by atoms with Crippen LogP contribution in [0.15, 0.2) is 68.3 Å². The second kappa shape index (κ2) is 10.8. The smallest absolute Gasteiger partial charge is 0.270 e. The lowest BCUT2D eigenvalue weighted by Gasteiger charge is -2.23. The molecule has 0 saturated heterocycles. The maximum atomic E-state index is 13.9. The molecule has 0 radical (unpaired) electrons. The van der Waals surface area contributed by atoms with Crippen LogP contribution in [0.25, 0.3) is 22.4 Å². The number of ether oxygens (including phenoxy) is 1. The third-order valence-electron chi connectivity index (χ3n) is 6.20. The Labute approximate surface area is 212 Å². The van der Waals surface area contributed by atoms with Gasteiger partial charge in [-0.15, -0.1) is 10.2 Å². The quantitative estimate of drug-likeness (QED) is 0.297. The highest BCUT2D eigenvalue weighted by atomic mass is 16.5. The van der Waals surface area contributed by atoms with Gasteiger partial charge in [-0.25, -0.2) is 0 Å². The molecule has 3 heterocycles. The molecule has 1 N–H and O–H groups in total. The Balaban J connectivity index is 1.58. The van der Waals surface area contributed by atoms with Crippen molar-refractivity contribution in [2.24, 2.45) is 0 Å². The molecule has 2 aromatic carbocycles. The first-order chi connectivity index (χ1) is 18.1. The van der Waals surface area contributed by atoms with Crippen molar-refractivity contribution in [1.82, 2.24) is 24.9 Å².